The summed E-state index contributed by atoms with van der Waals surface area (Å²) in [5.74, 6) is -0.636. The molecule has 0 unspecified atom stereocenters. The van der Waals surface area contributed by atoms with Gasteiger partial charge in [0.25, 0.3) is 5.91 Å². The van der Waals surface area contributed by atoms with Crippen LogP contribution in [0.4, 0.5) is 15.9 Å². The molecule has 6 heteroatoms. The van der Waals surface area contributed by atoms with Crippen LogP contribution in [-0.4, -0.2) is 15.9 Å². The molecule has 0 aliphatic rings. The zero-order valence-corrected chi connectivity index (χ0v) is 8.72. The lowest BCUT2D eigenvalue weighted by molar-refractivity contribution is 0.102. The van der Waals surface area contributed by atoms with Crippen molar-refractivity contribution >= 4 is 17.4 Å². The molecule has 0 aliphatic carbocycles. The van der Waals surface area contributed by atoms with Gasteiger partial charge in [-0.2, -0.15) is 0 Å². The lowest BCUT2D eigenvalue weighted by atomic mass is 10.1. The van der Waals surface area contributed by atoms with E-state index >= 15 is 0 Å². The molecular weight excluding hydrogens is 223 g/mol. The molecule has 0 atom stereocenters. The maximum absolute atomic E-state index is 12.8. The van der Waals surface area contributed by atoms with Gasteiger partial charge in [-0.1, -0.05) is 0 Å². The van der Waals surface area contributed by atoms with Gasteiger partial charge in [0.05, 0.1) is 11.8 Å². The first kappa shape index (κ1) is 11.0. The van der Waals surface area contributed by atoms with Crippen LogP contribution in [-0.2, 0) is 0 Å². The Balaban J connectivity index is 2.21. The molecule has 3 N–H and O–H groups in total. The molecule has 0 radical (unpaired) electrons. The molecule has 0 saturated carbocycles. The predicted molar refractivity (Wildman–Crippen MR) is 60.8 cm³/mol. The number of hydrogen-bond acceptors (Lipinski definition) is 4. The number of anilines is 2. The van der Waals surface area contributed by atoms with Crippen LogP contribution in [0, 0.1) is 5.82 Å². The molecule has 1 aromatic heterocycles. The highest BCUT2D eigenvalue weighted by Crippen LogP contribution is 2.14. The Morgan fingerprint density at radius 3 is 2.82 bits per heavy atom. The van der Waals surface area contributed by atoms with Crippen LogP contribution in [0.1, 0.15) is 10.4 Å². The van der Waals surface area contributed by atoms with E-state index in [1.165, 1.54) is 30.7 Å². The molecule has 2 aromatic rings. The van der Waals surface area contributed by atoms with Gasteiger partial charge >= 0.3 is 0 Å². The van der Waals surface area contributed by atoms with E-state index in [9.17, 15) is 9.18 Å². The minimum absolute atomic E-state index is 0.0754. The molecule has 5 nitrogen and oxygen atoms in total. The van der Waals surface area contributed by atoms with Gasteiger partial charge in [-0.15, -0.1) is 0 Å². The first-order valence-corrected chi connectivity index (χ1v) is 4.79. The molecule has 1 aromatic carbocycles. The summed E-state index contributed by atoms with van der Waals surface area (Å²) in [5.41, 5.74) is 5.81. The zero-order valence-electron chi connectivity index (χ0n) is 8.72. The number of nitrogens with two attached hydrogens (primary N) is 1. The third-order valence-electron chi connectivity index (χ3n) is 2.06. The molecule has 0 saturated heterocycles. The average molecular weight is 232 g/mol. The number of halogens is 1. The summed E-state index contributed by atoms with van der Waals surface area (Å²) in [5, 5.41) is 2.50. The predicted octanol–water partition coefficient (Wildman–Crippen LogP) is 1.45. The van der Waals surface area contributed by atoms with Crippen LogP contribution >= 0.6 is 0 Å². The largest absolute Gasteiger partial charge is 0.398 e. The molecule has 0 spiro atoms. The summed E-state index contributed by atoms with van der Waals surface area (Å²) >= 11 is 0. The van der Waals surface area contributed by atoms with Gasteiger partial charge in [0.15, 0.2) is 5.82 Å². The zero-order chi connectivity index (χ0) is 12.3. The number of aromatic nitrogens is 2. The second-order valence-corrected chi connectivity index (χ2v) is 3.28. The van der Waals surface area contributed by atoms with Crippen LogP contribution in [0.5, 0.6) is 0 Å². The highest BCUT2D eigenvalue weighted by atomic mass is 19.1. The highest BCUT2D eigenvalue weighted by Gasteiger charge is 2.10. The third kappa shape index (κ3) is 2.54. The first-order valence-electron chi connectivity index (χ1n) is 4.79. The number of nitrogen functional groups attached to an aromatic ring is 1. The fourth-order valence-electron chi connectivity index (χ4n) is 1.29. The summed E-state index contributed by atoms with van der Waals surface area (Å²) in [6, 6.07) is 3.57. The van der Waals surface area contributed by atoms with E-state index in [2.05, 4.69) is 15.3 Å². The Hall–Kier alpha value is -2.50. The SMILES string of the molecule is Nc1cc(F)ccc1C(=O)Nc1cnccn1. The number of nitrogens with one attached hydrogen (secondary N) is 1. The molecule has 86 valence electrons. The van der Waals surface area contributed by atoms with E-state index in [4.69, 9.17) is 5.73 Å². The van der Waals surface area contributed by atoms with Crippen LogP contribution in [0.15, 0.2) is 36.8 Å². The Morgan fingerprint density at radius 1 is 1.35 bits per heavy atom. The first-order chi connectivity index (χ1) is 8.16. The molecule has 0 aliphatic heterocycles. The van der Waals surface area contributed by atoms with Crippen molar-refractivity contribution in [1.29, 1.82) is 0 Å². The number of nitrogens with zero attached hydrogens (tertiary/aromatic N) is 2. The van der Waals surface area contributed by atoms with Gasteiger partial charge in [0.2, 0.25) is 0 Å². The van der Waals surface area contributed by atoms with Gasteiger partial charge in [-0.25, -0.2) is 9.37 Å². The van der Waals surface area contributed by atoms with Gasteiger partial charge in [0, 0.05) is 18.1 Å². The Labute approximate surface area is 96.5 Å². The molecular formula is C11H9FN4O. The molecule has 2 rings (SSSR count). The third-order valence-corrected chi connectivity index (χ3v) is 2.06. The standard InChI is InChI=1S/C11H9FN4O/c12-7-1-2-8(9(13)5-7)11(17)16-10-6-14-3-4-15-10/h1-6H,13H2,(H,15,16,17). The van der Waals surface area contributed by atoms with Gasteiger partial charge in [0.1, 0.15) is 5.82 Å². The van der Waals surface area contributed by atoms with E-state index in [0.717, 1.165) is 6.07 Å². The number of benzene rings is 1. The number of carbonyl (C=O) groups is 1. The number of carbonyl (C=O) groups excluding carboxylic acids is 1. The molecule has 0 bridgehead atoms. The minimum Gasteiger partial charge on any atom is -0.398 e. The van der Waals surface area contributed by atoms with Crippen molar-refractivity contribution in [3.8, 4) is 0 Å². The van der Waals surface area contributed by atoms with Crippen LogP contribution in [0.3, 0.4) is 0 Å². The maximum atomic E-state index is 12.8. The molecule has 1 heterocycles. The van der Waals surface area contributed by atoms with E-state index in [0.29, 0.717) is 5.82 Å². The summed E-state index contributed by atoms with van der Waals surface area (Å²) < 4.78 is 12.8. The Morgan fingerprint density at radius 2 is 2.18 bits per heavy atom. The van der Waals surface area contributed by atoms with Crippen LogP contribution < -0.4 is 11.1 Å². The monoisotopic (exact) mass is 232 g/mol. The quantitative estimate of drug-likeness (QED) is 0.768. The maximum Gasteiger partial charge on any atom is 0.258 e. The lowest BCUT2D eigenvalue weighted by Gasteiger charge is -2.06. The van der Waals surface area contributed by atoms with Crippen molar-refractivity contribution in [1.82, 2.24) is 9.97 Å². The summed E-state index contributed by atoms with van der Waals surface area (Å²) in [7, 11) is 0. The fraction of sp³-hybridized carbons (Fsp3) is 0. The van der Waals surface area contributed by atoms with Gasteiger partial charge in [-0.3, -0.25) is 9.78 Å². The Kier molecular flexibility index (Phi) is 2.95. The lowest BCUT2D eigenvalue weighted by Crippen LogP contribution is -2.15. The second-order valence-electron chi connectivity index (χ2n) is 3.28. The minimum atomic E-state index is -0.487. The fourth-order valence-corrected chi connectivity index (χ4v) is 1.29. The molecule has 1 amide bonds. The van der Waals surface area contributed by atoms with Crippen molar-refractivity contribution in [2.75, 3.05) is 11.1 Å². The highest BCUT2D eigenvalue weighted by molar-refractivity contribution is 6.07. The van der Waals surface area contributed by atoms with Crippen LogP contribution in [0.25, 0.3) is 0 Å². The normalized spacial score (nSPS) is 9.94. The second kappa shape index (κ2) is 4.56. The smallest absolute Gasteiger partial charge is 0.258 e. The number of amides is 1. The number of rotatable bonds is 2. The van der Waals surface area contributed by atoms with Crippen molar-refractivity contribution < 1.29 is 9.18 Å². The van der Waals surface area contributed by atoms with Crippen molar-refractivity contribution in [2.24, 2.45) is 0 Å². The van der Waals surface area contributed by atoms with Gasteiger partial charge < -0.3 is 11.1 Å². The number of hydrogen-bond donors (Lipinski definition) is 2. The van der Waals surface area contributed by atoms with E-state index < -0.39 is 11.7 Å². The average Bonchev–Trinajstić information content (AvgIpc) is 2.30. The van der Waals surface area contributed by atoms with E-state index in [1.54, 1.807) is 0 Å². The van der Waals surface area contributed by atoms with E-state index in [-0.39, 0.29) is 11.3 Å². The Bertz CT molecular complexity index is 544. The van der Waals surface area contributed by atoms with Crippen molar-refractivity contribution in [2.45, 2.75) is 0 Å². The van der Waals surface area contributed by atoms with Crippen molar-refractivity contribution in [3.63, 3.8) is 0 Å². The summed E-state index contributed by atoms with van der Waals surface area (Å²) in [6.07, 6.45) is 4.34. The topological polar surface area (TPSA) is 80.9 Å². The van der Waals surface area contributed by atoms with Gasteiger partial charge in [-0.05, 0) is 18.2 Å². The molecule has 17 heavy (non-hydrogen) atoms. The summed E-state index contributed by atoms with van der Waals surface area (Å²) in [6.45, 7) is 0. The van der Waals surface area contributed by atoms with Crippen molar-refractivity contribution in [3.05, 3.63) is 48.2 Å². The van der Waals surface area contributed by atoms with E-state index in [1.807, 2.05) is 0 Å². The van der Waals surface area contributed by atoms with Crippen LogP contribution in [0.2, 0.25) is 0 Å². The summed E-state index contributed by atoms with van der Waals surface area (Å²) in [4.78, 5) is 19.4. The molecule has 0 fully saturated rings.